The van der Waals surface area contributed by atoms with Crippen LogP contribution in [-0.2, 0) is 11.3 Å². The summed E-state index contributed by atoms with van der Waals surface area (Å²) in [5.41, 5.74) is 2.50. The third-order valence-electron chi connectivity index (χ3n) is 6.76. The first-order valence-electron chi connectivity index (χ1n) is 10.6. The van der Waals surface area contributed by atoms with Gasteiger partial charge in [0, 0.05) is 24.3 Å². The van der Waals surface area contributed by atoms with Crippen LogP contribution in [0.4, 0.5) is 11.5 Å². The molecule has 1 aromatic carbocycles. The molecule has 1 saturated heterocycles. The van der Waals surface area contributed by atoms with Gasteiger partial charge in [-0.1, -0.05) is 36.6 Å². The molecular formula is C23H25ClN4O2. The van der Waals surface area contributed by atoms with Crippen LogP contribution in [0.5, 0.6) is 0 Å². The fourth-order valence-corrected chi connectivity index (χ4v) is 5.20. The van der Waals surface area contributed by atoms with Crippen LogP contribution < -0.4 is 10.2 Å². The van der Waals surface area contributed by atoms with Gasteiger partial charge in [-0.15, -0.1) is 0 Å². The van der Waals surface area contributed by atoms with Crippen LogP contribution in [0.3, 0.4) is 0 Å². The van der Waals surface area contributed by atoms with Crippen LogP contribution in [0.15, 0.2) is 36.5 Å². The molecule has 156 valence electrons. The average molecular weight is 425 g/mol. The van der Waals surface area contributed by atoms with E-state index in [2.05, 4.69) is 10.3 Å². The lowest BCUT2D eigenvalue weighted by molar-refractivity contribution is -0.117. The number of carbonyl (C=O) groups excluding carboxylic acids is 2. The number of aromatic nitrogens is 1. The van der Waals surface area contributed by atoms with Crippen LogP contribution in [0.1, 0.15) is 48.0 Å². The second-order valence-corrected chi connectivity index (χ2v) is 9.17. The summed E-state index contributed by atoms with van der Waals surface area (Å²) in [5, 5.41) is 3.72. The van der Waals surface area contributed by atoms with Gasteiger partial charge in [0.15, 0.2) is 5.82 Å². The van der Waals surface area contributed by atoms with E-state index < -0.39 is 0 Å². The lowest BCUT2D eigenvalue weighted by Crippen LogP contribution is -2.40. The van der Waals surface area contributed by atoms with Crippen molar-refractivity contribution < 1.29 is 9.59 Å². The van der Waals surface area contributed by atoms with Crippen LogP contribution in [0.2, 0.25) is 5.02 Å². The first-order valence-corrected chi connectivity index (χ1v) is 11.0. The number of rotatable bonds is 3. The number of amides is 2. The van der Waals surface area contributed by atoms with Gasteiger partial charge < -0.3 is 15.1 Å². The van der Waals surface area contributed by atoms with E-state index >= 15 is 0 Å². The van der Waals surface area contributed by atoms with Crippen molar-refractivity contribution in [3.63, 3.8) is 0 Å². The van der Waals surface area contributed by atoms with Gasteiger partial charge in [-0.2, -0.15) is 0 Å². The van der Waals surface area contributed by atoms with E-state index in [1.807, 2.05) is 35.2 Å². The van der Waals surface area contributed by atoms with Crippen LogP contribution >= 0.6 is 11.6 Å². The van der Waals surface area contributed by atoms with Crippen LogP contribution in [0, 0.1) is 5.41 Å². The molecule has 1 spiro atoms. The summed E-state index contributed by atoms with van der Waals surface area (Å²) in [6.07, 6.45) is 7.73. The molecule has 2 aliphatic heterocycles. The third-order valence-corrected chi connectivity index (χ3v) is 7.01. The number of fused-ring (bicyclic) bond motifs is 1. The molecule has 3 aliphatic rings. The largest absolute Gasteiger partial charge is 0.359 e. The van der Waals surface area contributed by atoms with Gasteiger partial charge in [0.05, 0.1) is 24.3 Å². The maximum Gasteiger partial charge on any atom is 0.255 e. The van der Waals surface area contributed by atoms with Gasteiger partial charge in [-0.25, -0.2) is 4.98 Å². The molecule has 2 amide bonds. The number of likely N-dealkylation sites (tertiary alicyclic amines) is 1. The topological polar surface area (TPSA) is 65.5 Å². The predicted octanol–water partition coefficient (Wildman–Crippen LogP) is 4.10. The fraction of sp³-hybridized carbons (Fsp3) is 0.435. The molecule has 0 bridgehead atoms. The summed E-state index contributed by atoms with van der Waals surface area (Å²) >= 11 is 5.98. The highest BCUT2D eigenvalue weighted by atomic mass is 35.5. The van der Waals surface area contributed by atoms with Crippen molar-refractivity contribution in [3.05, 3.63) is 52.7 Å². The zero-order valence-corrected chi connectivity index (χ0v) is 17.6. The van der Waals surface area contributed by atoms with Crippen molar-refractivity contribution in [2.45, 2.75) is 38.6 Å². The molecule has 30 heavy (non-hydrogen) atoms. The van der Waals surface area contributed by atoms with Crippen molar-refractivity contribution in [3.8, 4) is 0 Å². The summed E-state index contributed by atoms with van der Waals surface area (Å²) in [5.74, 6) is 0.599. The smallest absolute Gasteiger partial charge is 0.255 e. The zero-order chi connectivity index (χ0) is 20.7. The number of hydrogen-bond acceptors (Lipinski definition) is 4. The first kappa shape index (κ1) is 19.4. The van der Waals surface area contributed by atoms with Gasteiger partial charge in [0.25, 0.3) is 5.91 Å². The number of anilines is 2. The Bertz CT molecular complexity index is 985. The maximum absolute atomic E-state index is 13.2. The standard InChI is InChI=1S/C23H25ClN4O2/c24-18-5-3-16(4-6-18)14-28-19-11-17(12-25-21(19)26-13-20(28)29)22(30)27-10-9-23(15-27)7-1-2-8-23/h3-6,11-12H,1-2,7-10,13-15H2,(H,25,26). The summed E-state index contributed by atoms with van der Waals surface area (Å²) in [7, 11) is 0. The first-order chi connectivity index (χ1) is 14.5. The third kappa shape index (κ3) is 3.54. The lowest BCUT2D eigenvalue weighted by Gasteiger charge is -2.30. The molecule has 6 nitrogen and oxygen atoms in total. The Hall–Kier alpha value is -2.60. The van der Waals surface area contributed by atoms with Crippen molar-refractivity contribution in [2.24, 2.45) is 5.41 Å². The Morgan fingerprint density at radius 2 is 1.93 bits per heavy atom. The summed E-state index contributed by atoms with van der Waals surface area (Å²) < 4.78 is 0. The highest BCUT2D eigenvalue weighted by Gasteiger charge is 2.42. The number of nitrogens with zero attached hydrogens (tertiary/aromatic N) is 3. The summed E-state index contributed by atoms with van der Waals surface area (Å²) in [4.78, 5) is 34.0. The Labute approximate surface area is 181 Å². The molecule has 2 aromatic rings. The molecular weight excluding hydrogens is 400 g/mol. The van der Waals surface area contributed by atoms with Crippen LogP contribution in [0.25, 0.3) is 0 Å². The van der Waals surface area contributed by atoms with Crippen LogP contribution in [-0.4, -0.2) is 41.3 Å². The lowest BCUT2D eigenvalue weighted by atomic mass is 9.86. The Balaban J connectivity index is 1.40. The van der Waals surface area contributed by atoms with E-state index in [1.54, 1.807) is 11.1 Å². The molecule has 3 heterocycles. The number of nitrogens with one attached hydrogen (secondary N) is 1. The second kappa shape index (κ2) is 7.58. The van der Waals surface area contributed by atoms with Gasteiger partial charge in [-0.3, -0.25) is 9.59 Å². The van der Waals surface area contributed by atoms with E-state index in [1.165, 1.54) is 25.7 Å². The Morgan fingerprint density at radius 3 is 2.70 bits per heavy atom. The molecule has 0 radical (unpaired) electrons. The normalized spacial score (nSPS) is 19.8. The molecule has 2 fully saturated rings. The molecule has 7 heteroatoms. The number of halogens is 1. The molecule has 1 aromatic heterocycles. The highest BCUT2D eigenvalue weighted by Crippen LogP contribution is 2.45. The van der Waals surface area contributed by atoms with Crippen molar-refractivity contribution >= 4 is 34.9 Å². The minimum atomic E-state index is -0.0464. The quantitative estimate of drug-likeness (QED) is 0.805. The number of hydrogen-bond donors (Lipinski definition) is 1. The Morgan fingerprint density at radius 1 is 1.17 bits per heavy atom. The van der Waals surface area contributed by atoms with Crippen molar-refractivity contribution in [2.75, 3.05) is 29.9 Å². The summed E-state index contributed by atoms with van der Waals surface area (Å²) in [6.45, 7) is 2.25. The Kier molecular flexibility index (Phi) is 4.89. The molecule has 0 unspecified atom stereocenters. The number of carbonyl (C=O) groups is 2. The van der Waals surface area contributed by atoms with Gasteiger partial charge in [0.1, 0.15) is 0 Å². The zero-order valence-electron chi connectivity index (χ0n) is 16.9. The molecule has 5 rings (SSSR count). The second-order valence-electron chi connectivity index (χ2n) is 8.74. The predicted molar refractivity (Wildman–Crippen MR) is 117 cm³/mol. The molecule has 0 atom stereocenters. The van der Waals surface area contributed by atoms with Gasteiger partial charge in [-0.05, 0) is 48.4 Å². The summed E-state index contributed by atoms with van der Waals surface area (Å²) in [6, 6.07) is 9.25. The molecule has 1 aliphatic carbocycles. The average Bonchev–Trinajstić information content (AvgIpc) is 3.40. The fourth-order valence-electron chi connectivity index (χ4n) is 5.07. The SMILES string of the molecule is O=C(c1cnc2c(c1)N(Cc1ccc(Cl)cc1)C(=O)CN2)N1CCC2(CCCC2)C1. The number of benzene rings is 1. The molecule has 1 N–H and O–H groups in total. The minimum Gasteiger partial charge on any atom is -0.359 e. The van der Waals surface area contributed by atoms with E-state index in [0.29, 0.717) is 34.1 Å². The monoisotopic (exact) mass is 424 g/mol. The van der Waals surface area contributed by atoms with E-state index in [-0.39, 0.29) is 18.4 Å². The van der Waals surface area contributed by atoms with E-state index in [4.69, 9.17) is 11.6 Å². The highest BCUT2D eigenvalue weighted by molar-refractivity contribution is 6.30. The van der Waals surface area contributed by atoms with Crippen molar-refractivity contribution in [1.29, 1.82) is 0 Å². The van der Waals surface area contributed by atoms with Crippen molar-refractivity contribution in [1.82, 2.24) is 9.88 Å². The minimum absolute atomic E-state index is 0.0125. The van der Waals surface area contributed by atoms with Gasteiger partial charge >= 0.3 is 0 Å². The molecule has 1 saturated carbocycles. The van der Waals surface area contributed by atoms with E-state index in [0.717, 1.165) is 25.1 Å². The number of pyridine rings is 1. The van der Waals surface area contributed by atoms with Gasteiger partial charge in [0.2, 0.25) is 5.91 Å². The maximum atomic E-state index is 13.2. The van der Waals surface area contributed by atoms with E-state index in [9.17, 15) is 9.59 Å².